The number of ether oxygens (including phenoxy) is 1. The van der Waals surface area contributed by atoms with E-state index in [1.54, 1.807) is 30.6 Å². The highest BCUT2D eigenvalue weighted by molar-refractivity contribution is 5.87. The molecule has 0 radical (unpaired) electrons. The van der Waals surface area contributed by atoms with E-state index in [4.69, 9.17) is 15.1 Å². The molecule has 0 bridgehead atoms. The summed E-state index contributed by atoms with van der Waals surface area (Å²) in [4.78, 5) is 10.9. The minimum atomic E-state index is -0.556. The third-order valence-corrected chi connectivity index (χ3v) is 3.32. The first-order valence-corrected chi connectivity index (χ1v) is 7.87. The van der Waals surface area contributed by atoms with Crippen LogP contribution in [0.1, 0.15) is 37.9 Å². The van der Waals surface area contributed by atoms with Crippen LogP contribution in [0.5, 0.6) is 5.75 Å². The SMILES string of the molecule is CC(/C=C/CCC[C@@H](O)c1ccc(OCCO)cc1)=C\C(=O)NO. The van der Waals surface area contributed by atoms with Crippen LogP contribution in [0.2, 0.25) is 0 Å². The van der Waals surface area contributed by atoms with Crippen molar-refractivity contribution in [2.24, 2.45) is 0 Å². The quantitative estimate of drug-likeness (QED) is 0.173. The molecule has 132 valence electrons. The number of allylic oxidation sites excluding steroid dienone is 3. The van der Waals surface area contributed by atoms with Gasteiger partial charge in [0.1, 0.15) is 12.4 Å². The zero-order valence-electron chi connectivity index (χ0n) is 13.8. The highest BCUT2D eigenvalue weighted by Crippen LogP contribution is 2.22. The monoisotopic (exact) mass is 335 g/mol. The van der Waals surface area contributed by atoms with E-state index in [1.807, 2.05) is 18.2 Å². The Morgan fingerprint density at radius 2 is 2.04 bits per heavy atom. The lowest BCUT2D eigenvalue weighted by Gasteiger charge is -2.11. The van der Waals surface area contributed by atoms with Crippen molar-refractivity contribution in [2.45, 2.75) is 32.3 Å². The van der Waals surface area contributed by atoms with E-state index in [2.05, 4.69) is 0 Å². The Labute approximate surface area is 142 Å². The molecule has 0 aromatic heterocycles. The molecule has 0 saturated carbocycles. The number of aliphatic hydroxyl groups is 2. The van der Waals surface area contributed by atoms with E-state index >= 15 is 0 Å². The lowest BCUT2D eigenvalue weighted by Crippen LogP contribution is -2.15. The van der Waals surface area contributed by atoms with Crippen LogP contribution in [0.4, 0.5) is 0 Å². The van der Waals surface area contributed by atoms with Crippen molar-refractivity contribution in [2.75, 3.05) is 13.2 Å². The molecule has 24 heavy (non-hydrogen) atoms. The number of rotatable bonds is 10. The Morgan fingerprint density at radius 1 is 1.33 bits per heavy atom. The summed E-state index contributed by atoms with van der Waals surface area (Å²) in [6.07, 6.45) is 6.69. The fraction of sp³-hybridized carbons (Fsp3) is 0.389. The first-order valence-electron chi connectivity index (χ1n) is 7.87. The summed E-state index contributed by atoms with van der Waals surface area (Å²) in [5, 5.41) is 27.3. The van der Waals surface area contributed by atoms with E-state index in [0.29, 0.717) is 12.2 Å². The van der Waals surface area contributed by atoms with Gasteiger partial charge in [-0.2, -0.15) is 0 Å². The minimum Gasteiger partial charge on any atom is -0.491 e. The van der Waals surface area contributed by atoms with E-state index < -0.39 is 12.0 Å². The van der Waals surface area contributed by atoms with E-state index in [9.17, 15) is 9.90 Å². The van der Waals surface area contributed by atoms with Crippen LogP contribution in [0.3, 0.4) is 0 Å². The number of amides is 1. The summed E-state index contributed by atoms with van der Waals surface area (Å²) in [5.41, 5.74) is 3.10. The fourth-order valence-corrected chi connectivity index (χ4v) is 2.10. The van der Waals surface area contributed by atoms with Crippen molar-refractivity contribution in [1.82, 2.24) is 5.48 Å². The topological polar surface area (TPSA) is 99.0 Å². The first kappa shape index (κ1) is 19.9. The molecule has 0 fully saturated rings. The molecule has 4 N–H and O–H groups in total. The van der Waals surface area contributed by atoms with Gasteiger partial charge in [-0.3, -0.25) is 10.0 Å². The van der Waals surface area contributed by atoms with E-state index in [1.165, 1.54) is 6.08 Å². The largest absolute Gasteiger partial charge is 0.491 e. The van der Waals surface area contributed by atoms with Crippen LogP contribution < -0.4 is 10.2 Å². The van der Waals surface area contributed by atoms with Gasteiger partial charge in [-0.25, -0.2) is 5.48 Å². The molecule has 0 aliphatic rings. The van der Waals surface area contributed by atoms with Crippen molar-refractivity contribution in [3.8, 4) is 5.75 Å². The zero-order chi connectivity index (χ0) is 17.8. The number of carbonyl (C=O) groups is 1. The molecular formula is C18H25NO5. The highest BCUT2D eigenvalue weighted by atomic mass is 16.5. The van der Waals surface area contributed by atoms with Crippen LogP contribution in [0, 0.1) is 0 Å². The van der Waals surface area contributed by atoms with Crippen molar-refractivity contribution in [1.29, 1.82) is 0 Å². The molecule has 1 aromatic carbocycles. The molecule has 0 saturated heterocycles. The molecule has 6 nitrogen and oxygen atoms in total. The Morgan fingerprint density at radius 3 is 2.67 bits per heavy atom. The van der Waals surface area contributed by atoms with Crippen LogP contribution in [-0.4, -0.2) is 34.5 Å². The Hall–Kier alpha value is -2.15. The van der Waals surface area contributed by atoms with Gasteiger partial charge in [-0.1, -0.05) is 24.3 Å². The van der Waals surface area contributed by atoms with Gasteiger partial charge in [0.05, 0.1) is 12.7 Å². The van der Waals surface area contributed by atoms with Crippen LogP contribution in [0.25, 0.3) is 0 Å². The van der Waals surface area contributed by atoms with Crippen LogP contribution in [-0.2, 0) is 4.79 Å². The molecular weight excluding hydrogens is 310 g/mol. The molecule has 0 heterocycles. The molecule has 1 aromatic rings. The molecule has 0 unspecified atom stereocenters. The predicted molar refractivity (Wildman–Crippen MR) is 90.7 cm³/mol. The highest BCUT2D eigenvalue weighted by Gasteiger charge is 2.06. The summed E-state index contributed by atoms with van der Waals surface area (Å²) in [6, 6.07) is 7.17. The van der Waals surface area contributed by atoms with Crippen molar-refractivity contribution < 1.29 is 25.0 Å². The summed E-state index contributed by atoms with van der Waals surface area (Å²) >= 11 is 0. The number of benzene rings is 1. The lowest BCUT2D eigenvalue weighted by molar-refractivity contribution is -0.124. The Bertz CT molecular complexity index is 551. The summed E-state index contributed by atoms with van der Waals surface area (Å²) in [6.45, 7) is 1.99. The maximum atomic E-state index is 10.9. The average Bonchev–Trinajstić information content (AvgIpc) is 2.59. The van der Waals surface area contributed by atoms with Gasteiger partial charge in [0.25, 0.3) is 5.91 Å². The second kappa shape index (κ2) is 11.4. The molecule has 1 rings (SSSR count). The van der Waals surface area contributed by atoms with Gasteiger partial charge in [0, 0.05) is 6.08 Å². The number of hydrogen-bond acceptors (Lipinski definition) is 5. The predicted octanol–water partition coefficient (Wildman–Crippen LogP) is 2.27. The molecule has 1 amide bonds. The second-order valence-electron chi connectivity index (χ2n) is 5.35. The molecule has 0 spiro atoms. The van der Waals surface area contributed by atoms with E-state index in [-0.39, 0.29) is 13.2 Å². The maximum Gasteiger partial charge on any atom is 0.267 e. The molecule has 6 heteroatoms. The van der Waals surface area contributed by atoms with Gasteiger partial charge in [-0.15, -0.1) is 0 Å². The van der Waals surface area contributed by atoms with Gasteiger partial charge in [0.15, 0.2) is 0 Å². The molecule has 1 atom stereocenters. The third-order valence-electron chi connectivity index (χ3n) is 3.32. The van der Waals surface area contributed by atoms with Gasteiger partial charge in [-0.05, 0) is 49.5 Å². The van der Waals surface area contributed by atoms with Gasteiger partial charge in [0.2, 0.25) is 0 Å². The number of hydrogen-bond donors (Lipinski definition) is 4. The number of aliphatic hydroxyl groups excluding tert-OH is 2. The Kier molecular flexibility index (Phi) is 9.45. The normalized spacial score (nSPS) is 13.1. The second-order valence-corrected chi connectivity index (χ2v) is 5.35. The average molecular weight is 335 g/mol. The first-order chi connectivity index (χ1) is 11.6. The Balaban J connectivity index is 2.34. The maximum absolute atomic E-state index is 10.9. The minimum absolute atomic E-state index is 0.0305. The summed E-state index contributed by atoms with van der Waals surface area (Å²) in [7, 11) is 0. The number of nitrogens with one attached hydrogen (secondary N) is 1. The fourth-order valence-electron chi connectivity index (χ4n) is 2.10. The smallest absolute Gasteiger partial charge is 0.267 e. The molecule has 0 aliphatic carbocycles. The van der Waals surface area contributed by atoms with Crippen molar-refractivity contribution >= 4 is 5.91 Å². The number of unbranched alkanes of at least 4 members (excludes halogenated alkanes) is 1. The third kappa shape index (κ3) is 7.92. The summed E-state index contributed by atoms with van der Waals surface area (Å²) in [5.74, 6) is 0.107. The zero-order valence-corrected chi connectivity index (χ0v) is 13.8. The summed E-state index contributed by atoms with van der Waals surface area (Å²) < 4.78 is 5.27. The van der Waals surface area contributed by atoms with E-state index in [0.717, 1.165) is 24.0 Å². The van der Waals surface area contributed by atoms with Gasteiger partial charge < -0.3 is 14.9 Å². The molecule has 0 aliphatic heterocycles. The standard InChI is InChI=1S/C18H25NO5/c1-14(13-18(22)19-23)5-3-2-4-6-17(21)15-7-9-16(10-8-15)24-12-11-20/h3,5,7-10,13,17,20-21,23H,2,4,6,11-12H2,1H3,(H,19,22)/b5-3+,14-13+/t17-/m1/s1. The van der Waals surface area contributed by atoms with Crippen LogP contribution in [0.15, 0.2) is 48.1 Å². The van der Waals surface area contributed by atoms with Gasteiger partial charge >= 0.3 is 0 Å². The van der Waals surface area contributed by atoms with Crippen molar-refractivity contribution in [3.05, 3.63) is 53.6 Å². The van der Waals surface area contributed by atoms with Crippen LogP contribution >= 0.6 is 0 Å². The van der Waals surface area contributed by atoms with Crippen molar-refractivity contribution in [3.63, 3.8) is 0 Å². The number of carbonyl (C=O) groups excluding carboxylic acids is 1. The lowest BCUT2D eigenvalue weighted by atomic mass is 10.0. The number of hydroxylamine groups is 1.